The van der Waals surface area contributed by atoms with Crippen LogP contribution in [0.15, 0.2) is 50.4 Å². The van der Waals surface area contributed by atoms with E-state index in [0.29, 0.717) is 28.4 Å². The second kappa shape index (κ2) is 8.13. The van der Waals surface area contributed by atoms with Gasteiger partial charge in [-0.05, 0) is 24.3 Å². The van der Waals surface area contributed by atoms with Crippen LogP contribution in [0.25, 0.3) is 11.0 Å². The van der Waals surface area contributed by atoms with Crippen LogP contribution in [0.4, 0.5) is 0 Å². The summed E-state index contributed by atoms with van der Waals surface area (Å²) in [6.07, 6.45) is 1.44. The van der Waals surface area contributed by atoms with E-state index in [1.54, 1.807) is 31.4 Å². The van der Waals surface area contributed by atoms with Gasteiger partial charge in [-0.25, -0.2) is 5.43 Å². The number of nitrogens with one attached hydrogen (secondary N) is 1. The maximum Gasteiger partial charge on any atom is 0.307 e. The molecule has 1 aromatic heterocycles. The molecule has 0 unspecified atom stereocenters. The van der Waals surface area contributed by atoms with E-state index >= 15 is 0 Å². The Balaban J connectivity index is 1.81. The van der Waals surface area contributed by atoms with Crippen LogP contribution in [0.1, 0.15) is 16.1 Å². The van der Waals surface area contributed by atoms with Gasteiger partial charge in [0.1, 0.15) is 22.8 Å². The maximum atomic E-state index is 12.3. The lowest BCUT2D eigenvalue weighted by Crippen LogP contribution is -2.16. The van der Waals surface area contributed by atoms with Gasteiger partial charge in [0.25, 0.3) is 0 Å². The highest BCUT2D eigenvalue weighted by molar-refractivity contribution is 9.10. The van der Waals surface area contributed by atoms with Gasteiger partial charge < -0.3 is 18.6 Å². The molecule has 0 saturated heterocycles. The highest BCUT2D eigenvalue weighted by Gasteiger charge is 2.14. The fourth-order valence-corrected chi connectivity index (χ4v) is 2.88. The van der Waals surface area contributed by atoms with Crippen molar-refractivity contribution >= 4 is 39.0 Å². The number of hydrazone groups is 1. The van der Waals surface area contributed by atoms with Crippen molar-refractivity contribution in [3.63, 3.8) is 0 Å². The first kappa shape index (κ1) is 18.8. The molecule has 1 amide bonds. The van der Waals surface area contributed by atoms with E-state index in [1.807, 2.05) is 12.1 Å². The van der Waals surface area contributed by atoms with Crippen LogP contribution >= 0.6 is 15.9 Å². The number of rotatable bonds is 6. The van der Waals surface area contributed by atoms with Gasteiger partial charge >= 0.3 is 5.91 Å². The average molecular weight is 433 g/mol. The molecule has 2 aromatic carbocycles. The predicted octanol–water partition coefficient (Wildman–Crippen LogP) is 3.99. The van der Waals surface area contributed by atoms with Crippen LogP contribution in [0.3, 0.4) is 0 Å². The summed E-state index contributed by atoms with van der Waals surface area (Å²) in [6.45, 7) is 0. The van der Waals surface area contributed by atoms with Gasteiger partial charge in [0.2, 0.25) is 0 Å². The third kappa shape index (κ3) is 4.06. The summed E-state index contributed by atoms with van der Waals surface area (Å²) in [5.74, 6) is 1.27. The lowest BCUT2D eigenvalue weighted by atomic mass is 10.2. The monoisotopic (exact) mass is 432 g/mol. The Kier molecular flexibility index (Phi) is 5.66. The van der Waals surface area contributed by atoms with Gasteiger partial charge in [0.15, 0.2) is 5.76 Å². The number of methoxy groups -OCH3 is 3. The molecule has 3 aromatic rings. The Morgan fingerprint density at radius 3 is 2.41 bits per heavy atom. The van der Waals surface area contributed by atoms with Gasteiger partial charge in [-0.3, -0.25) is 4.79 Å². The van der Waals surface area contributed by atoms with E-state index < -0.39 is 5.91 Å². The molecule has 0 fully saturated rings. The topological polar surface area (TPSA) is 82.3 Å². The molecule has 0 spiro atoms. The molecular weight excluding hydrogens is 416 g/mol. The number of hydrogen-bond donors (Lipinski definition) is 1. The molecule has 0 aliphatic heterocycles. The van der Waals surface area contributed by atoms with E-state index in [9.17, 15) is 4.79 Å². The summed E-state index contributed by atoms with van der Waals surface area (Å²) in [6, 6.07) is 10.5. The smallest absolute Gasteiger partial charge is 0.307 e. The molecule has 140 valence electrons. The van der Waals surface area contributed by atoms with E-state index in [2.05, 4.69) is 26.5 Å². The number of furan rings is 1. The minimum atomic E-state index is -0.468. The van der Waals surface area contributed by atoms with Crippen molar-refractivity contribution in [3.8, 4) is 17.2 Å². The molecule has 0 bridgehead atoms. The minimum absolute atomic E-state index is 0.161. The average Bonchev–Trinajstić information content (AvgIpc) is 3.10. The summed E-state index contributed by atoms with van der Waals surface area (Å²) in [7, 11) is 4.60. The van der Waals surface area contributed by atoms with Gasteiger partial charge in [-0.1, -0.05) is 15.9 Å². The first-order valence-electron chi connectivity index (χ1n) is 7.88. The normalized spacial score (nSPS) is 11.0. The van der Waals surface area contributed by atoms with Gasteiger partial charge in [-0.15, -0.1) is 0 Å². The molecule has 0 saturated carbocycles. The maximum absolute atomic E-state index is 12.3. The fraction of sp³-hybridized carbons (Fsp3) is 0.158. The third-order valence-corrected chi connectivity index (χ3v) is 4.31. The largest absolute Gasteiger partial charge is 0.496 e. The lowest BCUT2D eigenvalue weighted by molar-refractivity contribution is 0.0929. The third-order valence-electron chi connectivity index (χ3n) is 3.82. The first-order chi connectivity index (χ1) is 13.0. The Bertz CT molecular complexity index is 987. The molecule has 3 rings (SSSR count). The SMILES string of the molecule is COc1cc(OC)c(/C=N/NC(=O)c2cc3cc(Br)ccc3o2)c(OC)c1. The molecule has 0 radical (unpaired) electrons. The van der Waals surface area contributed by atoms with Gasteiger partial charge in [0, 0.05) is 22.0 Å². The first-order valence-corrected chi connectivity index (χ1v) is 8.67. The zero-order valence-corrected chi connectivity index (χ0v) is 16.5. The Labute approximate surface area is 164 Å². The molecule has 1 heterocycles. The summed E-state index contributed by atoms with van der Waals surface area (Å²) in [5.41, 5.74) is 3.62. The number of carbonyl (C=O) groups excluding carboxylic acids is 1. The van der Waals surface area contributed by atoms with Crippen molar-refractivity contribution < 1.29 is 23.4 Å². The van der Waals surface area contributed by atoms with E-state index in [0.717, 1.165) is 9.86 Å². The standard InChI is InChI=1S/C19H17BrN2O5/c1-24-13-8-16(25-2)14(17(9-13)26-3)10-21-22-19(23)18-7-11-6-12(20)4-5-15(11)27-18/h4-10H,1-3H3,(H,22,23)/b21-10+. The molecule has 0 aliphatic carbocycles. The van der Waals surface area contributed by atoms with Crippen molar-refractivity contribution in [2.24, 2.45) is 5.10 Å². The molecular formula is C19H17BrN2O5. The zero-order chi connectivity index (χ0) is 19.4. The summed E-state index contributed by atoms with van der Waals surface area (Å²) >= 11 is 3.39. The summed E-state index contributed by atoms with van der Waals surface area (Å²) in [4.78, 5) is 12.3. The molecule has 27 heavy (non-hydrogen) atoms. The van der Waals surface area contributed by atoms with Gasteiger partial charge in [0.05, 0.1) is 33.1 Å². The highest BCUT2D eigenvalue weighted by Crippen LogP contribution is 2.32. The predicted molar refractivity (Wildman–Crippen MR) is 105 cm³/mol. The summed E-state index contributed by atoms with van der Waals surface area (Å²) in [5, 5.41) is 4.80. The number of fused-ring (bicyclic) bond motifs is 1. The van der Waals surface area contributed by atoms with Crippen molar-refractivity contribution in [2.45, 2.75) is 0 Å². The molecule has 0 atom stereocenters. The van der Waals surface area contributed by atoms with E-state index in [-0.39, 0.29) is 5.76 Å². The number of amides is 1. The molecule has 7 nitrogen and oxygen atoms in total. The Morgan fingerprint density at radius 1 is 1.07 bits per heavy atom. The van der Waals surface area contributed by atoms with Crippen LogP contribution < -0.4 is 19.6 Å². The van der Waals surface area contributed by atoms with Crippen LogP contribution in [0.2, 0.25) is 0 Å². The van der Waals surface area contributed by atoms with Crippen LogP contribution in [-0.2, 0) is 0 Å². The molecule has 0 aliphatic rings. The van der Waals surface area contributed by atoms with Crippen LogP contribution in [0, 0.1) is 0 Å². The molecule has 1 N–H and O–H groups in total. The number of ether oxygens (including phenoxy) is 3. The van der Waals surface area contributed by atoms with E-state index in [1.165, 1.54) is 20.4 Å². The Hall–Kier alpha value is -3.00. The second-order valence-corrected chi connectivity index (χ2v) is 6.35. The van der Waals surface area contributed by atoms with Crippen molar-refractivity contribution in [2.75, 3.05) is 21.3 Å². The van der Waals surface area contributed by atoms with Crippen molar-refractivity contribution in [3.05, 3.63) is 52.2 Å². The quantitative estimate of drug-likeness (QED) is 0.470. The number of nitrogens with zero attached hydrogens (tertiary/aromatic N) is 1. The minimum Gasteiger partial charge on any atom is -0.496 e. The van der Waals surface area contributed by atoms with Crippen LogP contribution in [0.5, 0.6) is 17.2 Å². The highest BCUT2D eigenvalue weighted by atomic mass is 79.9. The van der Waals surface area contributed by atoms with Crippen molar-refractivity contribution in [1.29, 1.82) is 0 Å². The molecule has 8 heteroatoms. The zero-order valence-electron chi connectivity index (χ0n) is 14.9. The summed E-state index contributed by atoms with van der Waals surface area (Å²) < 4.78 is 22.3. The van der Waals surface area contributed by atoms with Gasteiger partial charge in [-0.2, -0.15) is 5.10 Å². The lowest BCUT2D eigenvalue weighted by Gasteiger charge is -2.12. The number of carbonyl (C=O) groups is 1. The van der Waals surface area contributed by atoms with E-state index in [4.69, 9.17) is 18.6 Å². The Morgan fingerprint density at radius 2 is 1.78 bits per heavy atom. The number of hydrogen-bond acceptors (Lipinski definition) is 6. The second-order valence-electron chi connectivity index (χ2n) is 5.44. The number of benzene rings is 2. The number of halogens is 1. The van der Waals surface area contributed by atoms with Crippen molar-refractivity contribution in [1.82, 2.24) is 5.43 Å². The van der Waals surface area contributed by atoms with Crippen LogP contribution in [-0.4, -0.2) is 33.5 Å². The fourth-order valence-electron chi connectivity index (χ4n) is 2.50.